The quantitative estimate of drug-likeness (QED) is 0.699. The Morgan fingerprint density at radius 2 is 1.75 bits per heavy atom. The maximum atomic E-state index is 5.93. The average Bonchev–Trinajstić information content (AvgIpc) is 2.62. The van der Waals surface area contributed by atoms with Crippen LogP contribution in [0.2, 0.25) is 0 Å². The molecule has 0 atom stereocenters. The van der Waals surface area contributed by atoms with Crippen LogP contribution < -0.4 is 9.47 Å². The van der Waals surface area contributed by atoms with Crippen molar-refractivity contribution in [3.8, 4) is 28.5 Å². The standard InChI is InChI=1S/C19H17N3O2/c1-13(2)14-4-6-15(7-5-14)24-19-17(11-21-12-22-19)16-10-20-9-8-18(16)23-3/h4-12H,1H2,2-3H3. The van der Waals surface area contributed by atoms with Crippen molar-refractivity contribution >= 4 is 5.57 Å². The second-order valence-corrected chi connectivity index (χ2v) is 5.22. The van der Waals surface area contributed by atoms with Gasteiger partial charge in [0.05, 0.1) is 12.7 Å². The average molecular weight is 319 g/mol. The van der Waals surface area contributed by atoms with Crippen LogP contribution >= 0.6 is 0 Å². The lowest BCUT2D eigenvalue weighted by Crippen LogP contribution is -1.95. The second-order valence-electron chi connectivity index (χ2n) is 5.22. The molecule has 0 amide bonds. The summed E-state index contributed by atoms with van der Waals surface area (Å²) in [5.41, 5.74) is 3.56. The molecule has 2 heterocycles. The second kappa shape index (κ2) is 6.91. The highest BCUT2D eigenvalue weighted by Gasteiger charge is 2.14. The zero-order valence-corrected chi connectivity index (χ0v) is 13.6. The fraction of sp³-hybridized carbons (Fsp3) is 0.105. The Hall–Kier alpha value is -3.21. The summed E-state index contributed by atoms with van der Waals surface area (Å²) in [6.45, 7) is 5.89. The summed E-state index contributed by atoms with van der Waals surface area (Å²) in [6.07, 6.45) is 6.51. The third-order valence-corrected chi connectivity index (χ3v) is 3.53. The molecule has 5 heteroatoms. The van der Waals surface area contributed by atoms with E-state index in [1.807, 2.05) is 31.2 Å². The van der Waals surface area contributed by atoms with E-state index < -0.39 is 0 Å². The molecular weight excluding hydrogens is 302 g/mol. The number of methoxy groups -OCH3 is 1. The predicted molar refractivity (Wildman–Crippen MR) is 93.0 cm³/mol. The molecule has 0 spiro atoms. The van der Waals surface area contributed by atoms with Gasteiger partial charge in [0.1, 0.15) is 17.8 Å². The summed E-state index contributed by atoms with van der Waals surface area (Å²) in [5, 5.41) is 0. The summed E-state index contributed by atoms with van der Waals surface area (Å²) in [5.74, 6) is 1.81. The number of benzene rings is 1. The van der Waals surface area contributed by atoms with Crippen LogP contribution in [0.5, 0.6) is 17.4 Å². The highest BCUT2D eigenvalue weighted by Crippen LogP contribution is 2.35. The van der Waals surface area contributed by atoms with E-state index in [0.717, 1.165) is 16.7 Å². The lowest BCUT2D eigenvalue weighted by molar-refractivity contribution is 0.415. The third kappa shape index (κ3) is 3.25. The van der Waals surface area contributed by atoms with Gasteiger partial charge in [-0.3, -0.25) is 4.98 Å². The first kappa shape index (κ1) is 15.7. The third-order valence-electron chi connectivity index (χ3n) is 3.53. The van der Waals surface area contributed by atoms with E-state index in [1.165, 1.54) is 6.33 Å². The van der Waals surface area contributed by atoms with Crippen LogP contribution in [0.25, 0.3) is 16.7 Å². The summed E-state index contributed by atoms with van der Waals surface area (Å²) in [4.78, 5) is 12.5. The predicted octanol–water partition coefficient (Wildman–Crippen LogP) is 4.37. The van der Waals surface area contributed by atoms with Gasteiger partial charge in [-0.15, -0.1) is 0 Å². The Kier molecular flexibility index (Phi) is 4.52. The van der Waals surface area contributed by atoms with Crippen LogP contribution in [0, 0.1) is 0 Å². The number of rotatable bonds is 5. The number of nitrogens with zero attached hydrogens (tertiary/aromatic N) is 3. The minimum absolute atomic E-state index is 0.444. The first-order chi connectivity index (χ1) is 11.7. The maximum absolute atomic E-state index is 5.93. The van der Waals surface area contributed by atoms with Crippen LogP contribution in [-0.2, 0) is 0 Å². The van der Waals surface area contributed by atoms with Crippen LogP contribution in [-0.4, -0.2) is 22.1 Å². The van der Waals surface area contributed by atoms with Gasteiger partial charge in [-0.2, -0.15) is 0 Å². The SMILES string of the molecule is C=C(C)c1ccc(Oc2ncncc2-c2cnccc2OC)cc1. The largest absolute Gasteiger partial charge is 0.496 e. The molecule has 5 nitrogen and oxygen atoms in total. The summed E-state index contributed by atoms with van der Waals surface area (Å²) >= 11 is 0. The van der Waals surface area contributed by atoms with Gasteiger partial charge < -0.3 is 9.47 Å². The van der Waals surface area contributed by atoms with E-state index in [0.29, 0.717) is 22.9 Å². The van der Waals surface area contributed by atoms with Crippen molar-refractivity contribution in [3.05, 3.63) is 67.4 Å². The maximum Gasteiger partial charge on any atom is 0.230 e. The number of allylic oxidation sites excluding steroid dienone is 1. The number of hydrogen-bond donors (Lipinski definition) is 0. The Morgan fingerprint density at radius 1 is 1.00 bits per heavy atom. The minimum atomic E-state index is 0.444. The minimum Gasteiger partial charge on any atom is -0.496 e. The fourth-order valence-corrected chi connectivity index (χ4v) is 2.27. The molecule has 0 fully saturated rings. The lowest BCUT2D eigenvalue weighted by atomic mass is 10.1. The number of ether oxygens (including phenoxy) is 2. The summed E-state index contributed by atoms with van der Waals surface area (Å²) in [7, 11) is 1.61. The Labute approximate surface area is 140 Å². The molecule has 3 aromatic rings. The molecule has 0 saturated heterocycles. The van der Waals surface area contributed by atoms with Crippen molar-refractivity contribution in [2.24, 2.45) is 0 Å². The molecular formula is C19H17N3O2. The van der Waals surface area contributed by atoms with Crippen LogP contribution in [0.1, 0.15) is 12.5 Å². The smallest absolute Gasteiger partial charge is 0.230 e. The van der Waals surface area contributed by atoms with Gasteiger partial charge in [0.2, 0.25) is 5.88 Å². The van der Waals surface area contributed by atoms with Gasteiger partial charge in [-0.25, -0.2) is 9.97 Å². The van der Waals surface area contributed by atoms with Crippen LogP contribution in [0.3, 0.4) is 0 Å². The van der Waals surface area contributed by atoms with E-state index in [1.54, 1.807) is 31.8 Å². The van der Waals surface area contributed by atoms with Crippen LogP contribution in [0.15, 0.2) is 61.8 Å². The number of hydrogen-bond acceptors (Lipinski definition) is 5. The number of pyridine rings is 1. The van der Waals surface area contributed by atoms with E-state index in [2.05, 4.69) is 21.5 Å². The van der Waals surface area contributed by atoms with Crippen LogP contribution in [0.4, 0.5) is 0 Å². The zero-order valence-electron chi connectivity index (χ0n) is 13.6. The van der Waals surface area contributed by atoms with Gasteiger partial charge in [-0.1, -0.05) is 24.3 Å². The molecule has 0 N–H and O–H groups in total. The highest BCUT2D eigenvalue weighted by atomic mass is 16.5. The van der Waals surface area contributed by atoms with Gasteiger partial charge >= 0.3 is 0 Å². The molecule has 0 bridgehead atoms. The topological polar surface area (TPSA) is 57.1 Å². The Morgan fingerprint density at radius 3 is 2.46 bits per heavy atom. The van der Waals surface area contributed by atoms with E-state index >= 15 is 0 Å². The molecule has 24 heavy (non-hydrogen) atoms. The monoisotopic (exact) mass is 319 g/mol. The summed E-state index contributed by atoms with van der Waals surface area (Å²) in [6, 6.07) is 9.48. The molecule has 0 aliphatic carbocycles. The summed E-state index contributed by atoms with van der Waals surface area (Å²) < 4.78 is 11.3. The lowest BCUT2D eigenvalue weighted by Gasteiger charge is -2.12. The van der Waals surface area contributed by atoms with Gasteiger partial charge in [0.25, 0.3) is 0 Å². The van der Waals surface area contributed by atoms with Crippen molar-refractivity contribution in [2.45, 2.75) is 6.92 Å². The molecule has 0 unspecified atom stereocenters. The first-order valence-corrected chi connectivity index (χ1v) is 7.41. The van der Waals surface area contributed by atoms with E-state index in [9.17, 15) is 0 Å². The van der Waals surface area contributed by atoms with Crippen molar-refractivity contribution in [1.29, 1.82) is 0 Å². The molecule has 3 rings (SSSR count). The molecule has 0 aliphatic heterocycles. The molecule has 1 aromatic carbocycles. The molecule has 0 aliphatic rings. The Balaban J connectivity index is 1.96. The zero-order chi connectivity index (χ0) is 16.9. The molecule has 120 valence electrons. The molecule has 0 radical (unpaired) electrons. The fourth-order valence-electron chi connectivity index (χ4n) is 2.27. The van der Waals surface area contributed by atoms with Gasteiger partial charge in [-0.05, 0) is 30.7 Å². The van der Waals surface area contributed by atoms with Crippen molar-refractivity contribution < 1.29 is 9.47 Å². The van der Waals surface area contributed by atoms with Crippen molar-refractivity contribution in [1.82, 2.24) is 15.0 Å². The van der Waals surface area contributed by atoms with Crippen molar-refractivity contribution in [2.75, 3.05) is 7.11 Å². The van der Waals surface area contributed by atoms with Gasteiger partial charge in [0.15, 0.2) is 0 Å². The normalized spacial score (nSPS) is 10.2. The van der Waals surface area contributed by atoms with E-state index in [-0.39, 0.29) is 0 Å². The van der Waals surface area contributed by atoms with Crippen molar-refractivity contribution in [3.63, 3.8) is 0 Å². The number of aromatic nitrogens is 3. The molecule has 2 aromatic heterocycles. The van der Waals surface area contributed by atoms with Gasteiger partial charge in [0, 0.05) is 24.2 Å². The van der Waals surface area contributed by atoms with E-state index in [4.69, 9.17) is 9.47 Å². The first-order valence-electron chi connectivity index (χ1n) is 7.41. The Bertz CT molecular complexity index is 860. The molecule has 0 saturated carbocycles. The highest BCUT2D eigenvalue weighted by molar-refractivity contribution is 5.73.